The van der Waals surface area contributed by atoms with Crippen LogP contribution >= 0.6 is 0 Å². The van der Waals surface area contributed by atoms with Crippen molar-refractivity contribution in [3.63, 3.8) is 0 Å². The molecule has 2 aromatic carbocycles. The molecule has 0 aliphatic heterocycles. The Labute approximate surface area is 210 Å². The number of carbonyl (C=O) groups excluding carboxylic acids is 1. The number of ether oxygens (including phenoxy) is 2. The van der Waals surface area contributed by atoms with Gasteiger partial charge < -0.3 is 14.6 Å². The molecule has 2 aromatic rings. The van der Waals surface area contributed by atoms with Gasteiger partial charge in [0.25, 0.3) is 0 Å². The van der Waals surface area contributed by atoms with Crippen molar-refractivity contribution in [3.8, 4) is 17.2 Å². The summed E-state index contributed by atoms with van der Waals surface area (Å²) in [6.45, 7) is 11.0. The maximum absolute atomic E-state index is 13.2. The van der Waals surface area contributed by atoms with Gasteiger partial charge in [0.1, 0.15) is 22.8 Å². The summed E-state index contributed by atoms with van der Waals surface area (Å²) in [5.74, 6) is 3.18. The first-order chi connectivity index (χ1) is 16.6. The molecule has 1 N–H and O–H groups in total. The Morgan fingerprint density at radius 3 is 2.37 bits per heavy atom. The molecule has 0 spiro atoms. The lowest BCUT2D eigenvalue weighted by Gasteiger charge is -2.51. The molecule has 0 radical (unpaired) electrons. The van der Waals surface area contributed by atoms with Crippen LogP contribution in [0.1, 0.15) is 82.1 Å². The Bertz CT molecular complexity index is 1080. The Balaban J connectivity index is 1.53. The van der Waals surface area contributed by atoms with Crippen LogP contribution in [0.5, 0.6) is 17.2 Å². The number of ketones is 1. The minimum atomic E-state index is -0.375. The molecule has 0 amide bonds. The summed E-state index contributed by atoms with van der Waals surface area (Å²) in [6, 6.07) is 12.6. The van der Waals surface area contributed by atoms with E-state index in [0.29, 0.717) is 35.0 Å². The quantitative estimate of drug-likeness (QED) is 0.331. The lowest BCUT2D eigenvalue weighted by molar-refractivity contribution is -0.0618. The average molecular weight is 477 g/mol. The van der Waals surface area contributed by atoms with Gasteiger partial charge in [-0.15, -0.1) is 0 Å². The van der Waals surface area contributed by atoms with E-state index in [2.05, 4.69) is 33.8 Å². The monoisotopic (exact) mass is 476 g/mol. The smallest absolute Gasteiger partial charge is 0.173 e. The summed E-state index contributed by atoms with van der Waals surface area (Å²) in [5, 5.41) is 10.8. The highest BCUT2D eigenvalue weighted by Crippen LogP contribution is 2.51. The van der Waals surface area contributed by atoms with Crippen LogP contribution in [0.3, 0.4) is 0 Å². The second-order valence-electron chi connectivity index (χ2n) is 11.1. The molecule has 0 heterocycles. The topological polar surface area (TPSA) is 55.8 Å². The normalized spacial score (nSPS) is 27.1. The van der Waals surface area contributed by atoms with E-state index in [9.17, 15) is 9.90 Å². The Morgan fingerprint density at radius 2 is 1.74 bits per heavy atom. The molecule has 1 saturated carbocycles. The molecule has 0 aromatic heterocycles. The van der Waals surface area contributed by atoms with Gasteiger partial charge in [0, 0.05) is 17.9 Å². The molecule has 1 fully saturated rings. The zero-order valence-corrected chi connectivity index (χ0v) is 22.0. The first-order valence-electron chi connectivity index (χ1n) is 13.0. The van der Waals surface area contributed by atoms with Crippen LogP contribution in [-0.2, 0) is 0 Å². The van der Waals surface area contributed by atoms with Crippen LogP contribution in [0.25, 0.3) is 0 Å². The first kappa shape index (κ1) is 25.3. The predicted octanol–water partition coefficient (Wildman–Crippen LogP) is 7.56. The van der Waals surface area contributed by atoms with E-state index in [1.54, 1.807) is 19.2 Å². The lowest BCUT2D eigenvalue weighted by Crippen LogP contribution is -2.51. The van der Waals surface area contributed by atoms with Crippen molar-refractivity contribution in [1.82, 2.24) is 0 Å². The van der Waals surface area contributed by atoms with E-state index in [4.69, 9.17) is 9.47 Å². The van der Waals surface area contributed by atoms with Crippen LogP contribution in [0.15, 0.2) is 54.1 Å². The van der Waals surface area contributed by atoms with E-state index >= 15 is 0 Å². The Kier molecular flexibility index (Phi) is 7.30. The molecule has 0 saturated heterocycles. The summed E-state index contributed by atoms with van der Waals surface area (Å²) in [4.78, 5) is 13.2. The highest BCUT2D eigenvalue weighted by atomic mass is 16.5. The Hall–Kier alpha value is -2.75. The number of phenols is 1. The van der Waals surface area contributed by atoms with Gasteiger partial charge >= 0.3 is 0 Å². The van der Waals surface area contributed by atoms with Gasteiger partial charge in [0.2, 0.25) is 0 Å². The molecule has 2 aliphatic carbocycles. The van der Waals surface area contributed by atoms with Crippen LogP contribution in [0.2, 0.25) is 0 Å². The standard InChI is InChI=1S/C31H40O4/c1-19(2)25-15-16-31(5,28-14-7-20(3)17-27(25)28)35-24-12-13-26(29(32)18-24)30(33)21(4)22-8-10-23(34-6)11-9-22/h8-13,17-19,21,25,27-28,32H,7,14-16H2,1-6H3/t21-,25+,27+,28-,31+/m1/s1. The number of hydrogen-bond donors (Lipinski definition) is 1. The number of carbonyl (C=O) groups is 1. The number of Topliss-reactive ketones (excluding diaryl/α,β-unsaturated/α-hetero) is 1. The summed E-state index contributed by atoms with van der Waals surface area (Å²) in [6.07, 6.45) is 6.89. The zero-order valence-electron chi connectivity index (χ0n) is 22.0. The minimum absolute atomic E-state index is 0.0248. The molecule has 35 heavy (non-hydrogen) atoms. The van der Waals surface area contributed by atoms with E-state index < -0.39 is 0 Å². The molecule has 2 aliphatic rings. The van der Waals surface area contributed by atoms with Crippen molar-refractivity contribution >= 4 is 5.78 Å². The van der Waals surface area contributed by atoms with Gasteiger partial charge in [-0.2, -0.15) is 0 Å². The van der Waals surface area contributed by atoms with Crippen LogP contribution in [0.4, 0.5) is 0 Å². The van der Waals surface area contributed by atoms with Crippen molar-refractivity contribution in [2.24, 2.45) is 23.7 Å². The molecular weight excluding hydrogens is 436 g/mol. The van der Waals surface area contributed by atoms with Gasteiger partial charge in [-0.05, 0) is 87.1 Å². The minimum Gasteiger partial charge on any atom is -0.507 e. The number of aromatic hydroxyl groups is 1. The number of fused-ring (bicyclic) bond motifs is 1. The third kappa shape index (κ3) is 5.12. The number of benzene rings is 2. The molecule has 4 heteroatoms. The van der Waals surface area contributed by atoms with E-state index in [0.717, 1.165) is 37.0 Å². The Morgan fingerprint density at radius 1 is 1.06 bits per heavy atom. The van der Waals surface area contributed by atoms with Crippen LogP contribution < -0.4 is 9.47 Å². The molecule has 5 atom stereocenters. The van der Waals surface area contributed by atoms with Crippen LogP contribution in [-0.4, -0.2) is 23.6 Å². The van der Waals surface area contributed by atoms with E-state index in [1.807, 2.05) is 37.3 Å². The van der Waals surface area contributed by atoms with Gasteiger partial charge in [0.15, 0.2) is 5.78 Å². The second-order valence-corrected chi connectivity index (χ2v) is 11.1. The van der Waals surface area contributed by atoms with Crippen molar-refractivity contribution in [1.29, 1.82) is 0 Å². The number of hydrogen-bond acceptors (Lipinski definition) is 4. The van der Waals surface area contributed by atoms with Gasteiger partial charge in [-0.1, -0.05) is 44.6 Å². The number of rotatable bonds is 7. The van der Waals surface area contributed by atoms with Crippen LogP contribution in [0, 0.1) is 23.7 Å². The molecule has 4 rings (SSSR count). The third-order valence-electron chi connectivity index (χ3n) is 8.50. The zero-order chi connectivity index (χ0) is 25.3. The fourth-order valence-corrected chi connectivity index (χ4v) is 6.30. The maximum Gasteiger partial charge on any atom is 0.173 e. The highest BCUT2D eigenvalue weighted by molar-refractivity contribution is 6.03. The van der Waals surface area contributed by atoms with E-state index in [1.165, 1.54) is 5.57 Å². The molecular formula is C31H40O4. The first-order valence-corrected chi connectivity index (χ1v) is 13.0. The lowest BCUT2D eigenvalue weighted by atomic mass is 9.58. The van der Waals surface area contributed by atoms with Crippen molar-refractivity contribution in [2.75, 3.05) is 7.11 Å². The van der Waals surface area contributed by atoms with Crippen molar-refractivity contribution < 1.29 is 19.4 Å². The fourth-order valence-electron chi connectivity index (χ4n) is 6.30. The summed E-state index contributed by atoms with van der Waals surface area (Å²) in [5.41, 5.74) is 2.41. The second kappa shape index (κ2) is 10.1. The third-order valence-corrected chi connectivity index (χ3v) is 8.50. The number of allylic oxidation sites excluding steroid dienone is 2. The summed E-state index contributed by atoms with van der Waals surface area (Å²) < 4.78 is 11.9. The molecule has 0 unspecified atom stereocenters. The maximum atomic E-state index is 13.2. The summed E-state index contributed by atoms with van der Waals surface area (Å²) in [7, 11) is 1.62. The van der Waals surface area contributed by atoms with Gasteiger partial charge in [0.05, 0.1) is 12.7 Å². The molecule has 4 nitrogen and oxygen atoms in total. The SMILES string of the molecule is COc1ccc([C@@H](C)C(=O)c2ccc(O[C@@]3(C)CC[C@@H](C(C)C)[C@@H]4C=C(C)CC[C@H]43)cc2O)cc1. The van der Waals surface area contributed by atoms with Gasteiger partial charge in [-0.25, -0.2) is 0 Å². The summed E-state index contributed by atoms with van der Waals surface area (Å²) >= 11 is 0. The number of phenolic OH excluding ortho intramolecular Hbond substituents is 1. The van der Waals surface area contributed by atoms with Crippen molar-refractivity contribution in [3.05, 3.63) is 65.2 Å². The predicted molar refractivity (Wildman–Crippen MR) is 140 cm³/mol. The fraction of sp³-hybridized carbons (Fsp3) is 0.516. The highest BCUT2D eigenvalue weighted by Gasteiger charge is 2.48. The molecule has 0 bridgehead atoms. The van der Waals surface area contributed by atoms with Crippen molar-refractivity contribution in [2.45, 2.75) is 71.8 Å². The number of methoxy groups -OCH3 is 1. The van der Waals surface area contributed by atoms with Gasteiger partial charge in [-0.3, -0.25) is 4.79 Å². The average Bonchev–Trinajstić information content (AvgIpc) is 2.83. The molecule has 188 valence electrons. The largest absolute Gasteiger partial charge is 0.507 e. The van der Waals surface area contributed by atoms with E-state index in [-0.39, 0.29) is 23.1 Å².